The van der Waals surface area contributed by atoms with Crippen LogP contribution in [0.5, 0.6) is 0 Å². The van der Waals surface area contributed by atoms with E-state index in [1.54, 1.807) is 6.92 Å². The third-order valence-electron chi connectivity index (χ3n) is 4.09. The highest BCUT2D eigenvalue weighted by atomic mass is 19.1. The van der Waals surface area contributed by atoms with Crippen LogP contribution in [0.4, 0.5) is 10.1 Å². The summed E-state index contributed by atoms with van der Waals surface area (Å²) in [5.74, 6) is -2.44. The molecule has 2 rings (SSSR count). The van der Waals surface area contributed by atoms with Gasteiger partial charge in [-0.3, -0.25) is 9.59 Å². The Kier molecular flexibility index (Phi) is 5.89. The van der Waals surface area contributed by atoms with Crippen molar-refractivity contribution < 1.29 is 23.9 Å². The fraction of sp³-hybridized carbons (Fsp3) is 0.471. The lowest BCUT2D eigenvalue weighted by atomic mass is 10.1. The first-order chi connectivity index (χ1) is 11.4. The highest BCUT2D eigenvalue weighted by Gasteiger charge is 2.24. The van der Waals surface area contributed by atoms with Crippen LogP contribution in [0, 0.1) is 11.7 Å². The lowest BCUT2D eigenvalue weighted by Gasteiger charge is -2.17. The molecule has 0 saturated heterocycles. The number of benzene rings is 1. The van der Waals surface area contributed by atoms with Crippen LogP contribution in [0.25, 0.3) is 0 Å². The number of carbonyl (C=O) groups is 3. The minimum absolute atomic E-state index is 0.0141. The first kappa shape index (κ1) is 17.9. The highest BCUT2D eigenvalue weighted by Crippen LogP contribution is 2.24. The Bertz CT molecular complexity index is 641. The molecule has 0 bridgehead atoms. The number of amides is 2. The molecule has 1 saturated carbocycles. The summed E-state index contributed by atoms with van der Waals surface area (Å²) in [5.41, 5.74) is -0.302. The standard InChI is InChI=1S/C17H21FN2O4/c1-10(19-16(22)11-4-2-3-5-11)8-15(21)20-14-9-12(17(23)24)6-7-13(14)18/h6-7,9-11H,2-5,8H2,1H3,(H,19,22)(H,20,21)(H,23,24). The molecule has 3 N–H and O–H groups in total. The normalized spacial score (nSPS) is 15.8. The number of aromatic carboxylic acids is 1. The summed E-state index contributed by atoms with van der Waals surface area (Å²) in [6.07, 6.45) is 3.82. The molecule has 1 fully saturated rings. The van der Waals surface area contributed by atoms with E-state index in [1.165, 1.54) is 0 Å². The Morgan fingerprint density at radius 1 is 1.29 bits per heavy atom. The Morgan fingerprint density at radius 3 is 2.58 bits per heavy atom. The van der Waals surface area contributed by atoms with Gasteiger partial charge in [-0.15, -0.1) is 0 Å². The number of nitrogens with one attached hydrogen (secondary N) is 2. The molecule has 0 radical (unpaired) electrons. The molecule has 0 aliphatic heterocycles. The van der Waals surface area contributed by atoms with Gasteiger partial charge < -0.3 is 15.7 Å². The van der Waals surface area contributed by atoms with Crippen LogP contribution in [0.15, 0.2) is 18.2 Å². The van der Waals surface area contributed by atoms with Crippen molar-refractivity contribution in [3.8, 4) is 0 Å². The summed E-state index contributed by atoms with van der Waals surface area (Å²) in [5, 5.41) is 14.0. The van der Waals surface area contributed by atoms with Gasteiger partial charge in [-0.05, 0) is 38.0 Å². The predicted molar refractivity (Wildman–Crippen MR) is 86.2 cm³/mol. The molecule has 1 aromatic carbocycles. The number of halogens is 1. The molecule has 1 unspecified atom stereocenters. The summed E-state index contributed by atoms with van der Waals surface area (Å²) in [7, 11) is 0. The quantitative estimate of drug-likeness (QED) is 0.744. The van der Waals surface area contributed by atoms with Crippen LogP contribution >= 0.6 is 0 Å². The van der Waals surface area contributed by atoms with Crippen molar-refractivity contribution in [2.45, 2.75) is 45.1 Å². The zero-order valence-electron chi connectivity index (χ0n) is 13.5. The maximum Gasteiger partial charge on any atom is 0.335 e. The second-order valence-electron chi connectivity index (χ2n) is 6.14. The van der Waals surface area contributed by atoms with E-state index in [1.807, 2.05) is 0 Å². The second-order valence-corrected chi connectivity index (χ2v) is 6.14. The van der Waals surface area contributed by atoms with Gasteiger partial charge in [0.05, 0.1) is 11.3 Å². The number of rotatable bonds is 6. The molecule has 6 nitrogen and oxygen atoms in total. The van der Waals surface area contributed by atoms with Gasteiger partial charge in [0.1, 0.15) is 5.82 Å². The van der Waals surface area contributed by atoms with Crippen molar-refractivity contribution in [2.24, 2.45) is 5.92 Å². The van der Waals surface area contributed by atoms with Crippen molar-refractivity contribution in [3.63, 3.8) is 0 Å². The third-order valence-corrected chi connectivity index (χ3v) is 4.09. The Hall–Kier alpha value is -2.44. The van der Waals surface area contributed by atoms with Crippen molar-refractivity contribution in [1.82, 2.24) is 5.32 Å². The molecule has 7 heteroatoms. The Balaban J connectivity index is 1.89. The predicted octanol–water partition coefficient (Wildman–Crippen LogP) is 2.55. The zero-order valence-corrected chi connectivity index (χ0v) is 13.5. The summed E-state index contributed by atoms with van der Waals surface area (Å²) < 4.78 is 13.7. The summed E-state index contributed by atoms with van der Waals surface area (Å²) >= 11 is 0. The Labute approximate surface area is 139 Å². The molecule has 1 aliphatic rings. The van der Waals surface area contributed by atoms with E-state index in [4.69, 9.17) is 5.11 Å². The second kappa shape index (κ2) is 7.90. The maximum absolute atomic E-state index is 13.7. The molecule has 0 spiro atoms. The van der Waals surface area contributed by atoms with Gasteiger partial charge in [0.25, 0.3) is 0 Å². The Morgan fingerprint density at radius 2 is 1.96 bits per heavy atom. The largest absolute Gasteiger partial charge is 0.478 e. The molecular formula is C17H21FN2O4. The van der Waals surface area contributed by atoms with E-state index in [2.05, 4.69) is 10.6 Å². The summed E-state index contributed by atoms with van der Waals surface area (Å²) in [6, 6.07) is 2.79. The van der Waals surface area contributed by atoms with Crippen LogP contribution in [0.3, 0.4) is 0 Å². The van der Waals surface area contributed by atoms with Gasteiger partial charge in [0.2, 0.25) is 11.8 Å². The van der Waals surface area contributed by atoms with Gasteiger partial charge in [-0.1, -0.05) is 12.8 Å². The van der Waals surface area contributed by atoms with Crippen molar-refractivity contribution in [3.05, 3.63) is 29.6 Å². The summed E-state index contributed by atoms with van der Waals surface area (Å²) in [4.78, 5) is 34.9. The van der Waals surface area contributed by atoms with Gasteiger partial charge >= 0.3 is 5.97 Å². The topological polar surface area (TPSA) is 95.5 Å². The van der Waals surface area contributed by atoms with E-state index < -0.39 is 17.7 Å². The summed E-state index contributed by atoms with van der Waals surface area (Å²) in [6.45, 7) is 1.70. The number of anilines is 1. The average Bonchev–Trinajstić information content (AvgIpc) is 3.03. The van der Waals surface area contributed by atoms with E-state index in [0.717, 1.165) is 43.9 Å². The lowest BCUT2D eigenvalue weighted by molar-refractivity contribution is -0.125. The molecule has 1 aliphatic carbocycles. The van der Waals surface area contributed by atoms with Crippen molar-refractivity contribution >= 4 is 23.5 Å². The van der Waals surface area contributed by atoms with Crippen LogP contribution < -0.4 is 10.6 Å². The lowest BCUT2D eigenvalue weighted by Crippen LogP contribution is -2.38. The molecule has 1 atom stereocenters. The highest BCUT2D eigenvalue weighted by molar-refractivity contribution is 5.94. The molecule has 2 amide bonds. The number of carboxylic acid groups (broad SMARTS) is 1. The zero-order chi connectivity index (χ0) is 17.7. The van der Waals surface area contributed by atoms with Crippen LogP contribution in [0.1, 0.15) is 49.4 Å². The number of hydrogen-bond acceptors (Lipinski definition) is 3. The first-order valence-electron chi connectivity index (χ1n) is 8.00. The van der Waals surface area contributed by atoms with Crippen LogP contribution in [0.2, 0.25) is 0 Å². The van der Waals surface area contributed by atoms with Crippen molar-refractivity contribution in [1.29, 1.82) is 0 Å². The fourth-order valence-corrected chi connectivity index (χ4v) is 2.83. The minimum atomic E-state index is -1.21. The minimum Gasteiger partial charge on any atom is -0.478 e. The smallest absolute Gasteiger partial charge is 0.335 e. The molecule has 130 valence electrons. The van der Waals surface area contributed by atoms with E-state index in [-0.39, 0.29) is 35.5 Å². The third kappa shape index (κ3) is 4.78. The monoisotopic (exact) mass is 336 g/mol. The van der Waals surface area contributed by atoms with Gasteiger partial charge in [0, 0.05) is 18.4 Å². The SMILES string of the molecule is CC(CC(=O)Nc1cc(C(=O)O)ccc1F)NC(=O)C1CCCC1. The first-order valence-corrected chi connectivity index (χ1v) is 8.00. The molecule has 24 heavy (non-hydrogen) atoms. The molecule has 1 aromatic rings. The van der Waals surface area contributed by atoms with Gasteiger partial charge in [-0.25, -0.2) is 9.18 Å². The van der Waals surface area contributed by atoms with Crippen LogP contribution in [-0.4, -0.2) is 28.9 Å². The number of carboxylic acids is 1. The van der Waals surface area contributed by atoms with E-state index >= 15 is 0 Å². The number of hydrogen-bond donors (Lipinski definition) is 3. The van der Waals surface area contributed by atoms with Gasteiger partial charge in [-0.2, -0.15) is 0 Å². The van der Waals surface area contributed by atoms with E-state index in [9.17, 15) is 18.8 Å². The van der Waals surface area contributed by atoms with Gasteiger partial charge in [0.15, 0.2) is 0 Å². The average molecular weight is 336 g/mol. The molecule has 0 heterocycles. The van der Waals surface area contributed by atoms with Crippen LogP contribution in [-0.2, 0) is 9.59 Å². The molecular weight excluding hydrogens is 315 g/mol. The van der Waals surface area contributed by atoms with E-state index in [0.29, 0.717) is 0 Å². The maximum atomic E-state index is 13.7. The number of carbonyl (C=O) groups excluding carboxylic acids is 2. The fourth-order valence-electron chi connectivity index (χ4n) is 2.83. The van der Waals surface area contributed by atoms with Crippen molar-refractivity contribution in [2.75, 3.05) is 5.32 Å². The molecule has 0 aromatic heterocycles.